The highest BCUT2D eigenvalue weighted by molar-refractivity contribution is 7.16. The molecule has 2 N–H and O–H groups in total. The zero-order chi connectivity index (χ0) is 11.5. The van der Waals surface area contributed by atoms with E-state index >= 15 is 0 Å². The fourth-order valence-corrected chi connectivity index (χ4v) is 2.02. The molecule has 2 rings (SSSR count). The van der Waals surface area contributed by atoms with Gasteiger partial charge in [-0.25, -0.2) is 0 Å². The first-order valence-corrected chi connectivity index (χ1v) is 5.30. The summed E-state index contributed by atoms with van der Waals surface area (Å²) in [6, 6.07) is 5.28. The zero-order valence-corrected chi connectivity index (χ0v) is 8.93. The largest absolute Gasteiger partial charge is 0.481 e. The first-order valence-electron chi connectivity index (χ1n) is 4.49. The van der Waals surface area contributed by atoms with E-state index in [4.69, 9.17) is 5.11 Å². The van der Waals surface area contributed by atoms with Gasteiger partial charge in [0.1, 0.15) is 6.42 Å². The van der Waals surface area contributed by atoms with Crippen LogP contribution < -0.4 is 4.87 Å². The number of nitrogens with one attached hydrogen (secondary N) is 1. The van der Waals surface area contributed by atoms with E-state index in [0.29, 0.717) is 5.56 Å². The maximum Gasteiger partial charge on any atom is 0.315 e. The van der Waals surface area contributed by atoms with Gasteiger partial charge in [0.25, 0.3) is 0 Å². The summed E-state index contributed by atoms with van der Waals surface area (Å²) in [5.41, 5.74) is 1.49. The smallest absolute Gasteiger partial charge is 0.315 e. The Morgan fingerprint density at radius 1 is 1.50 bits per heavy atom. The number of rotatable bonds is 1. The van der Waals surface area contributed by atoms with Crippen LogP contribution in [0, 0.1) is 11.8 Å². The maximum atomic E-state index is 11.1. The van der Waals surface area contributed by atoms with Gasteiger partial charge in [-0.15, -0.1) is 0 Å². The van der Waals surface area contributed by atoms with Gasteiger partial charge in [0.2, 0.25) is 0 Å². The average molecular weight is 233 g/mol. The Balaban J connectivity index is 2.34. The summed E-state index contributed by atoms with van der Waals surface area (Å²) in [4.78, 5) is 23.9. The van der Waals surface area contributed by atoms with Crippen molar-refractivity contribution in [2.45, 2.75) is 6.42 Å². The first kappa shape index (κ1) is 10.5. The van der Waals surface area contributed by atoms with Crippen LogP contribution in [0.25, 0.3) is 10.2 Å². The van der Waals surface area contributed by atoms with Crippen LogP contribution in [0.2, 0.25) is 0 Å². The van der Waals surface area contributed by atoms with Gasteiger partial charge in [0.05, 0.1) is 10.2 Å². The van der Waals surface area contributed by atoms with E-state index in [2.05, 4.69) is 16.8 Å². The lowest BCUT2D eigenvalue weighted by Gasteiger charge is -1.90. The molecule has 0 spiro atoms. The van der Waals surface area contributed by atoms with Crippen LogP contribution in [-0.4, -0.2) is 16.1 Å². The van der Waals surface area contributed by atoms with E-state index in [1.54, 1.807) is 18.2 Å². The second-order valence-electron chi connectivity index (χ2n) is 3.10. The molecule has 0 radical (unpaired) electrons. The molecular weight excluding hydrogens is 226 g/mol. The Labute approximate surface area is 94.5 Å². The third-order valence-electron chi connectivity index (χ3n) is 1.89. The van der Waals surface area contributed by atoms with Crippen LogP contribution in [0.5, 0.6) is 0 Å². The Bertz CT molecular complexity index is 657. The number of fused-ring (bicyclic) bond motifs is 1. The van der Waals surface area contributed by atoms with Crippen molar-refractivity contribution in [3.63, 3.8) is 0 Å². The van der Waals surface area contributed by atoms with Crippen molar-refractivity contribution in [2.75, 3.05) is 0 Å². The van der Waals surface area contributed by atoms with Crippen LogP contribution >= 0.6 is 11.3 Å². The normalized spacial score (nSPS) is 9.75. The Morgan fingerprint density at radius 3 is 3.06 bits per heavy atom. The second-order valence-corrected chi connectivity index (χ2v) is 4.11. The van der Waals surface area contributed by atoms with Crippen LogP contribution in [0.15, 0.2) is 23.0 Å². The lowest BCUT2D eigenvalue weighted by Crippen LogP contribution is -1.90. The number of benzene rings is 1. The highest BCUT2D eigenvalue weighted by atomic mass is 32.1. The molecule has 0 aliphatic rings. The molecule has 80 valence electrons. The highest BCUT2D eigenvalue weighted by Crippen LogP contribution is 2.15. The lowest BCUT2D eigenvalue weighted by atomic mass is 10.2. The van der Waals surface area contributed by atoms with Crippen molar-refractivity contribution in [1.82, 2.24) is 4.98 Å². The number of carbonyl (C=O) groups is 1. The van der Waals surface area contributed by atoms with E-state index in [1.807, 2.05) is 0 Å². The molecule has 5 heteroatoms. The minimum atomic E-state index is -0.945. The minimum absolute atomic E-state index is 0.106. The molecule has 0 unspecified atom stereocenters. The molecule has 1 aromatic carbocycles. The summed E-state index contributed by atoms with van der Waals surface area (Å²) < 4.78 is 0.826. The summed E-state index contributed by atoms with van der Waals surface area (Å²) in [5, 5.41) is 8.42. The molecule has 2 aromatic rings. The fraction of sp³-hybridized carbons (Fsp3) is 0.0909. The number of thiazole rings is 1. The van der Waals surface area contributed by atoms with Crippen molar-refractivity contribution in [1.29, 1.82) is 0 Å². The van der Waals surface area contributed by atoms with Gasteiger partial charge in [-0.2, -0.15) is 0 Å². The van der Waals surface area contributed by atoms with Gasteiger partial charge in [-0.05, 0) is 18.2 Å². The minimum Gasteiger partial charge on any atom is -0.481 e. The second kappa shape index (κ2) is 4.21. The molecule has 0 amide bonds. The molecule has 1 heterocycles. The van der Waals surface area contributed by atoms with Crippen LogP contribution in [0.3, 0.4) is 0 Å². The summed E-state index contributed by atoms with van der Waals surface area (Å²) in [5.74, 6) is 4.33. The van der Waals surface area contributed by atoms with Crippen molar-refractivity contribution in [3.8, 4) is 11.8 Å². The molecule has 0 fully saturated rings. The third-order valence-corrected chi connectivity index (χ3v) is 2.74. The third kappa shape index (κ3) is 2.30. The number of H-pyrrole nitrogens is 1. The van der Waals surface area contributed by atoms with Crippen LogP contribution in [-0.2, 0) is 4.79 Å². The molecule has 1 aromatic heterocycles. The number of hydrogen-bond acceptors (Lipinski definition) is 3. The van der Waals surface area contributed by atoms with Crippen molar-refractivity contribution >= 4 is 27.5 Å². The SMILES string of the molecule is O=C(O)CC#Cc1ccc2[nH]c(=O)sc2c1. The van der Waals surface area contributed by atoms with Gasteiger partial charge < -0.3 is 10.1 Å². The average Bonchev–Trinajstić information content (AvgIpc) is 2.56. The monoisotopic (exact) mass is 233 g/mol. The number of hydrogen-bond donors (Lipinski definition) is 2. The fourth-order valence-electron chi connectivity index (χ4n) is 1.25. The highest BCUT2D eigenvalue weighted by Gasteiger charge is 1.98. The molecule has 0 saturated heterocycles. The van der Waals surface area contributed by atoms with Crippen LogP contribution in [0.4, 0.5) is 0 Å². The quantitative estimate of drug-likeness (QED) is 0.732. The number of aromatic amines is 1. The van der Waals surface area contributed by atoms with Crippen molar-refractivity contribution < 1.29 is 9.90 Å². The molecule has 0 saturated carbocycles. The molecule has 0 bridgehead atoms. The Kier molecular flexibility index (Phi) is 2.75. The summed E-state index contributed by atoms with van der Waals surface area (Å²) in [6.45, 7) is 0. The van der Waals surface area contributed by atoms with Crippen molar-refractivity contribution in [2.24, 2.45) is 0 Å². The maximum absolute atomic E-state index is 11.1. The van der Waals surface area contributed by atoms with Crippen LogP contribution in [0.1, 0.15) is 12.0 Å². The van der Waals surface area contributed by atoms with E-state index in [0.717, 1.165) is 21.6 Å². The number of carboxylic acid groups (broad SMARTS) is 1. The predicted molar refractivity (Wildman–Crippen MR) is 61.6 cm³/mol. The van der Waals surface area contributed by atoms with Gasteiger partial charge >= 0.3 is 10.8 Å². The number of aliphatic carboxylic acids is 1. The topological polar surface area (TPSA) is 70.2 Å². The first-order chi connectivity index (χ1) is 7.65. The van der Waals surface area contributed by atoms with Gasteiger partial charge in [0, 0.05) is 5.56 Å². The Hall–Kier alpha value is -2.06. The molecule has 0 aliphatic carbocycles. The molecule has 0 aliphatic heterocycles. The molecular formula is C11H7NO3S. The lowest BCUT2D eigenvalue weighted by molar-refractivity contribution is -0.135. The van der Waals surface area contributed by atoms with Gasteiger partial charge in [0.15, 0.2) is 0 Å². The summed E-state index contributed by atoms with van der Waals surface area (Å²) in [6.07, 6.45) is -0.179. The van der Waals surface area contributed by atoms with E-state index in [1.165, 1.54) is 0 Å². The van der Waals surface area contributed by atoms with Gasteiger partial charge in [-0.1, -0.05) is 23.2 Å². The van der Waals surface area contributed by atoms with Crippen molar-refractivity contribution in [3.05, 3.63) is 33.4 Å². The van der Waals surface area contributed by atoms with E-state index in [-0.39, 0.29) is 11.3 Å². The number of aromatic nitrogens is 1. The summed E-state index contributed by atoms with van der Waals surface area (Å²) in [7, 11) is 0. The standard InChI is InChI=1S/C11H7NO3S/c13-10(14)3-1-2-7-4-5-8-9(6-7)16-11(15)12-8/h4-6H,3H2,(H,12,15)(H,13,14). The molecule has 0 atom stereocenters. The predicted octanol–water partition coefficient (Wildman–Crippen LogP) is 1.42. The van der Waals surface area contributed by atoms with E-state index < -0.39 is 5.97 Å². The Morgan fingerprint density at radius 2 is 2.31 bits per heavy atom. The van der Waals surface area contributed by atoms with E-state index in [9.17, 15) is 9.59 Å². The summed E-state index contributed by atoms with van der Waals surface area (Å²) >= 11 is 1.11. The van der Waals surface area contributed by atoms with Gasteiger partial charge in [-0.3, -0.25) is 9.59 Å². The molecule has 4 nitrogen and oxygen atoms in total. The zero-order valence-electron chi connectivity index (χ0n) is 8.11. The molecule has 16 heavy (non-hydrogen) atoms. The number of carboxylic acids is 1.